The number of methoxy groups -OCH3 is 2. The van der Waals surface area contributed by atoms with E-state index in [0.717, 1.165) is 6.07 Å². The summed E-state index contributed by atoms with van der Waals surface area (Å²) in [5.41, 5.74) is 5.24. The fraction of sp³-hybridized carbons (Fsp3) is 0.409. The van der Waals surface area contributed by atoms with Crippen LogP contribution in [0.25, 0.3) is 10.9 Å². The van der Waals surface area contributed by atoms with Crippen molar-refractivity contribution in [3.05, 3.63) is 41.5 Å². The number of nitrogens with two attached hydrogens (primary N) is 1. The Labute approximate surface area is 194 Å². The minimum atomic E-state index is -4.60. The average molecular weight is 481 g/mol. The Kier molecular flexibility index (Phi) is 8.29. The van der Waals surface area contributed by atoms with E-state index in [1.165, 1.54) is 6.07 Å². The van der Waals surface area contributed by atoms with E-state index in [0.29, 0.717) is 53.9 Å². The molecule has 0 radical (unpaired) electrons. The first kappa shape index (κ1) is 25.2. The van der Waals surface area contributed by atoms with Crippen molar-refractivity contribution in [1.29, 1.82) is 0 Å². The Morgan fingerprint density at radius 3 is 2.15 bits per heavy atom. The van der Waals surface area contributed by atoms with Gasteiger partial charge < -0.3 is 30.0 Å². The van der Waals surface area contributed by atoms with Crippen LogP contribution in [0.5, 0.6) is 11.5 Å². The van der Waals surface area contributed by atoms with Crippen molar-refractivity contribution >= 4 is 22.4 Å². The molecule has 2 heterocycles. The van der Waals surface area contributed by atoms with Crippen LogP contribution in [-0.4, -0.2) is 55.6 Å². The zero-order valence-electron chi connectivity index (χ0n) is 19.0. The summed E-state index contributed by atoms with van der Waals surface area (Å²) in [5, 5.41) is 3.63. The van der Waals surface area contributed by atoms with Crippen molar-refractivity contribution in [2.24, 2.45) is 0 Å². The highest BCUT2D eigenvalue weighted by molar-refractivity contribution is 5.91. The van der Waals surface area contributed by atoms with E-state index < -0.39 is 11.9 Å². The summed E-state index contributed by atoms with van der Waals surface area (Å²) < 4.78 is 60.9. The molecule has 3 aromatic rings. The third-order valence-electron chi connectivity index (χ3n) is 4.59. The third-order valence-corrected chi connectivity index (χ3v) is 4.59. The quantitative estimate of drug-likeness (QED) is 0.397. The second kappa shape index (κ2) is 11.2. The second-order valence-corrected chi connectivity index (χ2v) is 7.25. The van der Waals surface area contributed by atoms with Crippen LogP contribution in [0.2, 0.25) is 0 Å². The maximum absolute atomic E-state index is 13.1. The topological polar surface area (TPSA) is 114 Å². The molecular weight excluding hydrogens is 455 g/mol. The predicted molar refractivity (Wildman–Crippen MR) is 120 cm³/mol. The van der Waals surface area contributed by atoms with E-state index in [-0.39, 0.29) is 24.5 Å². The zero-order chi connectivity index (χ0) is 24.7. The van der Waals surface area contributed by atoms with Gasteiger partial charge >= 0.3 is 6.18 Å². The number of aromatic nitrogens is 3. The number of anilines is 2. The van der Waals surface area contributed by atoms with Gasteiger partial charge in [0.25, 0.3) is 0 Å². The molecule has 0 spiro atoms. The van der Waals surface area contributed by atoms with Crippen LogP contribution in [0.4, 0.5) is 24.7 Å². The number of aryl methyl sites for hydroxylation is 1. The molecule has 2 aromatic heterocycles. The highest BCUT2D eigenvalue weighted by Crippen LogP contribution is 2.35. The normalized spacial score (nSPS) is 11.6. The van der Waals surface area contributed by atoms with E-state index in [9.17, 15) is 13.2 Å². The molecule has 0 saturated carbocycles. The summed E-state index contributed by atoms with van der Waals surface area (Å²) >= 11 is 0. The lowest BCUT2D eigenvalue weighted by Gasteiger charge is -2.16. The average Bonchev–Trinajstić information content (AvgIpc) is 2.77. The fourth-order valence-electron chi connectivity index (χ4n) is 3.10. The van der Waals surface area contributed by atoms with Crippen LogP contribution < -0.4 is 20.5 Å². The van der Waals surface area contributed by atoms with Gasteiger partial charge in [0.1, 0.15) is 30.5 Å². The van der Waals surface area contributed by atoms with Crippen molar-refractivity contribution < 1.29 is 32.1 Å². The second-order valence-electron chi connectivity index (χ2n) is 7.25. The monoisotopic (exact) mass is 481 g/mol. The molecule has 0 unspecified atom stereocenters. The van der Waals surface area contributed by atoms with Gasteiger partial charge in [-0.2, -0.15) is 13.2 Å². The molecule has 1 aromatic carbocycles. The number of hydrogen-bond acceptors (Lipinski definition) is 9. The van der Waals surface area contributed by atoms with Gasteiger partial charge in [-0.05, 0) is 25.1 Å². The van der Waals surface area contributed by atoms with Crippen molar-refractivity contribution in [2.75, 3.05) is 51.7 Å². The van der Waals surface area contributed by atoms with E-state index in [2.05, 4.69) is 20.3 Å². The number of nitrogens with one attached hydrogen (secondary N) is 1. The lowest BCUT2D eigenvalue weighted by molar-refractivity contribution is -0.141. The molecule has 3 N–H and O–H groups in total. The Morgan fingerprint density at radius 2 is 1.53 bits per heavy atom. The fourth-order valence-corrected chi connectivity index (χ4v) is 3.10. The number of ether oxygens (including phenoxy) is 4. The molecule has 0 atom stereocenters. The van der Waals surface area contributed by atoms with Crippen LogP contribution >= 0.6 is 0 Å². The molecule has 34 heavy (non-hydrogen) atoms. The molecular formula is C22H26F3N5O4. The smallest absolute Gasteiger partial charge is 0.433 e. The molecule has 9 nitrogen and oxygen atoms in total. The minimum Gasteiger partial charge on any atom is -0.487 e. The molecule has 12 heteroatoms. The number of alkyl halides is 3. The summed E-state index contributed by atoms with van der Waals surface area (Å²) in [5.74, 6) is 1.78. The first-order valence-corrected chi connectivity index (χ1v) is 10.3. The van der Waals surface area contributed by atoms with E-state index in [1.807, 2.05) is 0 Å². The maximum Gasteiger partial charge on any atom is 0.433 e. The summed E-state index contributed by atoms with van der Waals surface area (Å²) in [6.07, 6.45) is -4.60. The Morgan fingerprint density at radius 1 is 0.882 bits per heavy atom. The van der Waals surface area contributed by atoms with Crippen molar-refractivity contribution in [1.82, 2.24) is 15.0 Å². The van der Waals surface area contributed by atoms with Gasteiger partial charge in [0.2, 0.25) is 0 Å². The van der Waals surface area contributed by atoms with Crippen molar-refractivity contribution in [2.45, 2.75) is 19.6 Å². The highest BCUT2D eigenvalue weighted by Gasteiger charge is 2.33. The van der Waals surface area contributed by atoms with Gasteiger partial charge in [-0.1, -0.05) is 0 Å². The molecule has 0 aliphatic heterocycles. The number of benzene rings is 1. The largest absolute Gasteiger partial charge is 0.487 e. The number of hydrogen-bond donors (Lipinski definition) is 2. The summed E-state index contributed by atoms with van der Waals surface area (Å²) in [4.78, 5) is 12.5. The van der Waals surface area contributed by atoms with Crippen LogP contribution in [0, 0.1) is 6.92 Å². The summed E-state index contributed by atoms with van der Waals surface area (Å²) in [7, 11) is 3.13. The Hall–Kier alpha value is -3.38. The number of nitrogens with zero attached hydrogens (tertiary/aromatic N) is 3. The van der Waals surface area contributed by atoms with Gasteiger partial charge in [0.15, 0.2) is 11.5 Å². The maximum atomic E-state index is 13.1. The molecule has 0 fully saturated rings. The van der Waals surface area contributed by atoms with Crippen LogP contribution in [0.1, 0.15) is 17.2 Å². The predicted octanol–water partition coefficient (Wildman–Crippen LogP) is 3.60. The zero-order valence-corrected chi connectivity index (χ0v) is 19.0. The van der Waals surface area contributed by atoms with E-state index in [4.69, 9.17) is 24.7 Å². The molecule has 3 rings (SSSR count). The minimum absolute atomic E-state index is 0.0328. The number of halogens is 3. The first-order valence-electron chi connectivity index (χ1n) is 10.3. The SMILES string of the molecule is COCCOc1cc2nc(C)nc(NCc3cc(N)cc(C(F)(F)F)n3)c2cc1OCCOC. The Balaban J connectivity index is 1.94. The summed E-state index contributed by atoms with van der Waals surface area (Å²) in [6, 6.07) is 5.60. The number of rotatable bonds is 11. The molecule has 184 valence electrons. The van der Waals surface area contributed by atoms with E-state index >= 15 is 0 Å². The first-order chi connectivity index (χ1) is 16.2. The molecule has 0 aliphatic carbocycles. The van der Waals surface area contributed by atoms with Gasteiger partial charge in [-0.25, -0.2) is 15.0 Å². The van der Waals surface area contributed by atoms with Gasteiger partial charge in [-0.3, -0.25) is 0 Å². The van der Waals surface area contributed by atoms with Gasteiger partial charge in [-0.15, -0.1) is 0 Å². The van der Waals surface area contributed by atoms with Crippen LogP contribution in [0.3, 0.4) is 0 Å². The van der Waals surface area contributed by atoms with Crippen LogP contribution in [-0.2, 0) is 22.2 Å². The third kappa shape index (κ3) is 6.58. The lowest BCUT2D eigenvalue weighted by atomic mass is 10.2. The molecule has 0 aliphatic rings. The molecule has 0 amide bonds. The number of fused-ring (bicyclic) bond motifs is 1. The molecule has 0 saturated heterocycles. The van der Waals surface area contributed by atoms with Gasteiger partial charge in [0.05, 0.1) is 31.0 Å². The van der Waals surface area contributed by atoms with Crippen molar-refractivity contribution in [3.63, 3.8) is 0 Å². The number of nitrogen functional groups attached to an aromatic ring is 1. The van der Waals surface area contributed by atoms with Gasteiger partial charge in [0, 0.05) is 31.4 Å². The summed E-state index contributed by atoms with van der Waals surface area (Å²) in [6.45, 7) is 3.02. The van der Waals surface area contributed by atoms with E-state index in [1.54, 1.807) is 33.3 Å². The number of pyridine rings is 1. The molecule has 0 bridgehead atoms. The standard InChI is InChI=1S/C22H26F3N5O4/c1-13-28-17-11-19(34-7-5-32-3)18(33-6-4-31-2)10-16(17)21(29-13)27-12-15-8-14(26)9-20(30-15)22(23,24)25/h8-11H,4-7,12H2,1-3H3,(H2,26,30)(H,27,28,29). The van der Waals surface area contributed by atoms with Crippen molar-refractivity contribution in [3.8, 4) is 11.5 Å². The lowest BCUT2D eigenvalue weighted by Crippen LogP contribution is -2.13. The highest BCUT2D eigenvalue weighted by atomic mass is 19.4. The van der Waals surface area contributed by atoms with Crippen LogP contribution in [0.15, 0.2) is 24.3 Å². The Bertz CT molecular complexity index is 1130.